The Hall–Kier alpha value is -1.70. The van der Waals surface area contributed by atoms with Gasteiger partial charge in [0, 0.05) is 35.8 Å². The average molecular weight is 379 g/mol. The molecule has 0 bridgehead atoms. The number of aromatic amines is 1. The quantitative estimate of drug-likeness (QED) is 0.659. The lowest BCUT2D eigenvalue weighted by atomic mass is 9.89. The van der Waals surface area contributed by atoms with Crippen LogP contribution >= 0.6 is 0 Å². The fourth-order valence-corrected chi connectivity index (χ4v) is 4.40. The summed E-state index contributed by atoms with van der Waals surface area (Å²) in [6, 6.07) is 7.53. The summed E-state index contributed by atoms with van der Waals surface area (Å²) in [5, 5.41) is 10.6. The fourth-order valence-electron chi connectivity index (χ4n) is 2.90. The van der Waals surface area contributed by atoms with Crippen LogP contribution in [0.4, 0.5) is 0 Å². The number of nitrogens with zero attached hydrogens (tertiary/aromatic N) is 1. The predicted molar refractivity (Wildman–Crippen MR) is 105 cm³/mol. The summed E-state index contributed by atoms with van der Waals surface area (Å²) in [4.78, 5) is 0. The van der Waals surface area contributed by atoms with Crippen molar-refractivity contribution in [2.24, 2.45) is 0 Å². The van der Waals surface area contributed by atoms with E-state index in [1.165, 1.54) is 0 Å². The Bertz CT molecular complexity index is 820. The van der Waals surface area contributed by atoms with Crippen LogP contribution in [0, 0.1) is 0 Å². The van der Waals surface area contributed by atoms with Crippen molar-refractivity contribution in [3.8, 4) is 0 Å². The third-order valence-electron chi connectivity index (χ3n) is 3.98. The zero-order valence-electron chi connectivity index (χ0n) is 16.3. The van der Waals surface area contributed by atoms with Gasteiger partial charge in [0.15, 0.2) is 0 Å². The number of H-pyrrole nitrogens is 1. The standard InChI is InChI=1S/C19H30N4O2S/c1-14(2)23-26(24,25)13-16-9-7-6-8-15(16)10-20-11-17-12-21-22-18(17)19(3,4)5/h6-9,12,14,20,23H,10-11,13H2,1-5H3,(H,21,22). The van der Waals surface area contributed by atoms with Crippen molar-refractivity contribution >= 4 is 10.0 Å². The summed E-state index contributed by atoms with van der Waals surface area (Å²) in [6.07, 6.45) is 1.84. The highest BCUT2D eigenvalue weighted by atomic mass is 32.2. The molecule has 0 amide bonds. The van der Waals surface area contributed by atoms with Crippen molar-refractivity contribution in [2.45, 2.75) is 64.9 Å². The summed E-state index contributed by atoms with van der Waals surface area (Å²) >= 11 is 0. The van der Waals surface area contributed by atoms with Gasteiger partial charge in [-0.15, -0.1) is 0 Å². The Kier molecular flexibility index (Phi) is 6.60. The molecule has 0 spiro atoms. The number of nitrogens with one attached hydrogen (secondary N) is 3. The predicted octanol–water partition coefficient (Wildman–Crippen LogP) is 2.82. The molecule has 0 unspecified atom stereocenters. The molecule has 26 heavy (non-hydrogen) atoms. The van der Waals surface area contributed by atoms with Gasteiger partial charge in [-0.2, -0.15) is 5.10 Å². The smallest absolute Gasteiger partial charge is 0.216 e. The van der Waals surface area contributed by atoms with E-state index in [4.69, 9.17) is 0 Å². The first kappa shape index (κ1) is 20.6. The Morgan fingerprint density at radius 2 is 1.69 bits per heavy atom. The number of hydrogen-bond acceptors (Lipinski definition) is 4. The molecular formula is C19H30N4O2S. The lowest BCUT2D eigenvalue weighted by Crippen LogP contribution is -2.31. The van der Waals surface area contributed by atoms with Crippen molar-refractivity contribution in [1.82, 2.24) is 20.2 Å². The van der Waals surface area contributed by atoms with Crippen LogP contribution in [-0.4, -0.2) is 24.7 Å². The van der Waals surface area contributed by atoms with E-state index in [0.29, 0.717) is 13.1 Å². The van der Waals surface area contributed by atoms with Gasteiger partial charge >= 0.3 is 0 Å². The molecule has 144 valence electrons. The average Bonchev–Trinajstić information content (AvgIpc) is 2.96. The highest BCUT2D eigenvalue weighted by molar-refractivity contribution is 7.88. The van der Waals surface area contributed by atoms with E-state index in [1.807, 2.05) is 44.3 Å². The van der Waals surface area contributed by atoms with Crippen molar-refractivity contribution in [3.63, 3.8) is 0 Å². The van der Waals surface area contributed by atoms with Crippen LogP contribution in [0.15, 0.2) is 30.5 Å². The third kappa shape index (κ3) is 5.93. The molecular weight excluding hydrogens is 348 g/mol. The fraction of sp³-hybridized carbons (Fsp3) is 0.526. The Morgan fingerprint density at radius 3 is 2.31 bits per heavy atom. The summed E-state index contributed by atoms with van der Waals surface area (Å²) in [5.41, 5.74) is 4.05. The molecule has 2 aromatic rings. The number of sulfonamides is 1. The van der Waals surface area contributed by atoms with Crippen LogP contribution in [0.25, 0.3) is 0 Å². The molecule has 0 aliphatic carbocycles. The number of aromatic nitrogens is 2. The minimum absolute atomic E-state index is 0.00200. The second-order valence-corrected chi connectivity index (χ2v) is 9.68. The Balaban J connectivity index is 2.04. The second-order valence-electron chi connectivity index (χ2n) is 7.92. The maximum atomic E-state index is 12.2. The van der Waals surface area contributed by atoms with Crippen molar-refractivity contribution in [1.29, 1.82) is 0 Å². The highest BCUT2D eigenvalue weighted by Crippen LogP contribution is 2.23. The highest BCUT2D eigenvalue weighted by Gasteiger charge is 2.20. The zero-order valence-corrected chi connectivity index (χ0v) is 17.1. The molecule has 0 aliphatic heterocycles. The van der Waals surface area contributed by atoms with Gasteiger partial charge in [0.05, 0.1) is 11.9 Å². The van der Waals surface area contributed by atoms with E-state index in [9.17, 15) is 8.42 Å². The largest absolute Gasteiger partial charge is 0.308 e. The molecule has 2 rings (SSSR count). The first-order valence-electron chi connectivity index (χ1n) is 8.89. The number of rotatable bonds is 8. The van der Waals surface area contributed by atoms with Gasteiger partial charge in [0.2, 0.25) is 10.0 Å². The second kappa shape index (κ2) is 8.33. The van der Waals surface area contributed by atoms with Gasteiger partial charge in [-0.25, -0.2) is 13.1 Å². The normalized spacial score (nSPS) is 12.7. The van der Waals surface area contributed by atoms with E-state index in [1.54, 1.807) is 0 Å². The minimum Gasteiger partial charge on any atom is -0.308 e. The van der Waals surface area contributed by atoms with Crippen LogP contribution in [0.2, 0.25) is 0 Å². The van der Waals surface area contributed by atoms with Gasteiger partial charge in [0.1, 0.15) is 0 Å². The van der Waals surface area contributed by atoms with Crippen molar-refractivity contribution < 1.29 is 8.42 Å². The van der Waals surface area contributed by atoms with E-state index < -0.39 is 10.0 Å². The van der Waals surface area contributed by atoms with Gasteiger partial charge in [0.25, 0.3) is 0 Å². The molecule has 1 heterocycles. The molecule has 6 nitrogen and oxygen atoms in total. The number of benzene rings is 1. The van der Waals surface area contributed by atoms with Crippen LogP contribution < -0.4 is 10.0 Å². The Morgan fingerprint density at radius 1 is 1.08 bits per heavy atom. The number of hydrogen-bond donors (Lipinski definition) is 3. The monoisotopic (exact) mass is 378 g/mol. The SMILES string of the molecule is CC(C)NS(=O)(=O)Cc1ccccc1CNCc1cn[nH]c1C(C)(C)C. The summed E-state index contributed by atoms with van der Waals surface area (Å²) in [5.74, 6) is -0.0119. The molecule has 0 aliphatic rings. The molecule has 0 atom stereocenters. The first-order chi connectivity index (χ1) is 12.1. The molecule has 0 radical (unpaired) electrons. The molecule has 7 heteroatoms. The van der Waals surface area contributed by atoms with E-state index in [-0.39, 0.29) is 17.2 Å². The van der Waals surface area contributed by atoms with E-state index in [0.717, 1.165) is 22.4 Å². The molecule has 1 aromatic carbocycles. The van der Waals surface area contributed by atoms with Crippen molar-refractivity contribution in [2.75, 3.05) is 0 Å². The maximum Gasteiger partial charge on any atom is 0.216 e. The van der Waals surface area contributed by atoms with Crippen LogP contribution in [0.1, 0.15) is 57.0 Å². The van der Waals surface area contributed by atoms with Crippen LogP contribution in [0.3, 0.4) is 0 Å². The molecule has 0 saturated carbocycles. The van der Waals surface area contributed by atoms with Crippen molar-refractivity contribution in [3.05, 3.63) is 52.8 Å². The van der Waals surface area contributed by atoms with Gasteiger partial charge in [-0.1, -0.05) is 45.0 Å². The lowest BCUT2D eigenvalue weighted by molar-refractivity contribution is 0.553. The summed E-state index contributed by atoms with van der Waals surface area (Å²) < 4.78 is 27.1. The van der Waals surface area contributed by atoms with Gasteiger partial charge in [-0.3, -0.25) is 5.10 Å². The molecule has 0 saturated heterocycles. The van der Waals surface area contributed by atoms with Crippen LogP contribution in [0.5, 0.6) is 0 Å². The summed E-state index contributed by atoms with van der Waals surface area (Å²) in [7, 11) is -3.34. The Labute approximate surface area is 156 Å². The molecule has 0 fully saturated rings. The molecule has 3 N–H and O–H groups in total. The third-order valence-corrected chi connectivity index (χ3v) is 5.50. The maximum absolute atomic E-state index is 12.2. The lowest BCUT2D eigenvalue weighted by Gasteiger charge is -2.19. The van der Waals surface area contributed by atoms with E-state index >= 15 is 0 Å². The van der Waals surface area contributed by atoms with E-state index in [2.05, 4.69) is 41.0 Å². The topological polar surface area (TPSA) is 86.9 Å². The van der Waals surface area contributed by atoms with Gasteiger partial charge in [-0.05, 0) is 25.0 Å². The molecule has 1 aromatic heterocycles. The first-order valence-corrected chi connectivity index (χ1v) is 10.5. The zero-order chi connectivity index (χ0) is 19.4. The van der Waals surface area contributed by atoms with Crippen LogP contribution in [-0.2, 0) is 34.3 Å². The summed E-state index contributed by atoms with van der Waals surface area (Å²) in [6.45, 7) is 11.4. The van der Waals surface area contributed by atoms with Gasteiger partial charge < -0.3 is 5.32 Å². The minimum atomic E-state index is -3.34.